The van der Waals surface area contributed by atoms with Gasteiger partial charge in [0.05, 0.1) is 0 Å². The van der Waals surface area contributed by atoms with Crippen LogP contribution in [0.25, 0.3) is 0 Å². The number of nitrogens with one attached hydrogen (secondary N) is 1. The van der Waals surface area contributed by atoms with Crippen LogP contribution in [0.15, 0.2) is 54.7 Å². The fourth-order valence-electron chi connectivity index (χ4n) is 2.46. The molecule has 0 amide bonds. The molecule has 0 saturated heterocycles. The molecule has 0 aliphatic rings. The summed E-state index contributed by atoms with van der Waals surface area (Å²) in [6, 6.07) is 17.2. The minimum atomic E-state index is 0.426. The van der Waals surface area contributed by atoms with Gasteiger partial charge in [-0.2, -0.15) is 0 Å². The molecule has 1 heterocycles. The van der Waals surface area contributed by atoms with E-state index in [9.17, 15) is 0 Å². The molecular formula is C17H22N2. The van der Waals surface area contributed by atoms with Gasteiger partial charge in [0.25, 0.3) is 0 Å². The van der Waals surface area contributed by atoms with Crippen LogP contribution in [0.1, 0.15) is 30.5 Å². The van der Waals surface area contributed by atoms with Crippen LogP contribution in [0.3, 0.4) is 0 Å². The molecule has 0 fully saturated rings. The molecule has 0 radical (unpaired) electrons. The first-order valence-electron chi connectivity index (χ1n) is 6.93. The first-order valence-corrected chi connectivity index (χ1v) is 6.93. The molecule has 19 heavy (non-hydrogen) atoms. The summed E-state index contributed by atoms with van der Waals surface area (Å²) in [5, 5.41) is 3.43. The maximum absolute atomic E-state index is 4.46. The van der Waals surface area contributed by atoms with Crippen molar-refractivity contribution in [1.29, 1.82) is 0 Å². The fourth-order valence-corrected chi connectivity index (χ4v) is 2.46. The van der Waals surface area contributed by atoms with E-state index in [2.05, 4.69) is 59.7 Å². The molecule has 0 aliphatic heterocycles. The molecule has 2 rings (SSSR count). The second kappa shape index (κ2) is 7.05. The van der Waals surface area contributed by atoms with E-state index in [1.807, 2.05) is 19.3 Å². The van der Waals surface area contributed by atoms with Crippen molar-refractivity contribution in [2.75, 3.05) is 7.05 Å². The molecule has 1 aromatic carbocycles. The zero-order chi connectivity index (χ0) is 13.5. The number of aryl methyl sites for hydroxylation is 1. The highest BCUT2D eigenvalue weighted by Crippen LogP contribution is 2.20. The standard InChI is InChI=1S/C17H22N2/c1-14(17-10-6-7-13-19-17)16(18-2)12-11-15-8-4-3-5-9-15/h3-10,13-14,16,18H,11-12H2,1-2H3. The third-order valence-corrected chi connectivity index (χ3v) is 3.72. The summed E-state index contributed by atoms with van der Waals surface area (Å²) in [4.78, 5) is 4.46. The van der Waals surface area contributed by atoms with E-state index < -0.39 is 0 Å². The SMILES string of the molecule is CNC(CCc1ccccc1)C(C)c1ccccn1. The lowest BCUT2D eigenvalue weighted by molar-refractivity contribution is 0.449. The van der Waals surface area contributed by atoms with Crippen LogP contribution in [0.5, 0.6) is 0 Å². The van der Waals surface area contributed by atoms with E-state index in [0.29, 0.717) is 12.0 Å². The Balaban J connectivity index is 1.97. The second-order valence-electron chi connectivity index (χ2n) is 4.96. The van der Waals surface area contributed by atoms with Crippen molar-refractivity contribution in [3.63, 3.8) is 0 Å². The van der Waals surface area contributed by atoms with Crippen molar-refractivity contribution in [3.8, 4) is 0 Å². The average Bonchev–Trinajstić information content (AvgIpc) is 2.49. The Hall–Kier alpha value is -1.67. The number of hydrogen-bond donors (Lipinski definition) is 1. The van der Waals surface area contributed by atoms with Crippen LogP contribution in [-0.2, 0) is 6.42 Å². The Morgan fingerprint density at radius 3 is 2.42 bits per heavy atom. The number of benzene rings is 1. The van der Waals surface area contributed by atoms with E-state index in [4.69, 9.17) is 0 Å². The Bertz CT molecular complexity index is 467. The smallest absolute Gasteiger partial charge is 0.0447 e. The average molecular weight is 254 g/mol. The number of hydrogen-bond acceptors (Lipinski definition) is 2. The normalized spacial score (nSPS) is 14.0. The minimum Gasteiger partial charge on any atom is -0.316 e. The maximum atomic E-state index is 4.46. The van der Waals surface area contributed by atoms with Gasteiger partial charge < -0.3 is 5.32 Å². The van der Waals surface area contributed by atoms with Crippen LogP contribution >= 0.6 is 0 Å². The molecule has 0 saturated carbocycles. The number of rotatable bonds is 6. The molecule has 0 spiro atoms. The topological polar surface area (TPSA) is 24.9 Å². The summed E-state index contributed by atoms with van der Waals surface area (Å²) in [5.74, 6) is 0.426. The summed E-state index contributed by atoms with van der Waals surface area (Å²) in [7, 11) is 2.04. The minimum absolute atomic E-state index is 0.426. The van der Waals surface area contributed by atoms with Gasteiger partial charge >= 0.3 is 0 Å². The number of likely N-dealkylation sites (N-methyl/N-ethyl adjacent to an activating group) is 1. The monoisotopic (exact) mass is 254 g/mol. The predicted molar refractivity (Wildman–Crippen MR) is 80.3 cm³/mol. The van der Waals surface area contributed by atoms with Crippen LogP contribution in [0.4, 0.5) is 0 Å². The summed E-state index contributed by atoms with van der Waals surface area (Å²) in [5.41, 5.74) is 2.56. The highest BCUT2D eigenvalue weighted by atomic mass is 14.9. The zero-order valence-electron chi connectivity index (χ0n) is 11.7. The predicted octanol–water partition coefficient (Wildman–Crippen LogP) is 3.41. The maximum Gasteiger partial charge on any atom is 0.0447 e. The molecule has 100 valence electrons. The zero-order valence-corrected chi connectivity index (χ0v) is 11.7. The Morgan fingerprint density at radius 1 is 1.05 bits per heavy atom. The van der Waals surface area contributed by atoms with Gasteiger partial charge in [0, 0.05) is 23.9 Å². The van der Waals surface area contributed by atoms with E-state index >= 15 is 0 Å². The van der Waals surface area contributed by atoms with Gasteiger partial charge in [-0.05, 0) is 37.6 Å². The summed E-state index contributed by atoms with van der Waals surface area (Å²) < 4.78 is 0. The number of aromatic nitrogens is 1. The quantitative estimate of drug-likeness (QED) is 0.854. The molecule has 2 heteroatoms. The van der Waals surface area contributed by atoms with Crippen molar-refractivity contribution in [1.82, 2.24) is 10.3 Å². The number of nitrogens with zero attached hydrogens (tertiary/aromatic N) is 1. The van der Waals surface area contributed by atoms with Gasteiger partial charge in [0.15, 0.2) is 0 Å². The van der Waals surface area contributed by atoms with E-state index in [0.717, 1.165) is 18.5 Å². The fraction of sp³-hybridized carbons (Fsp3) is 0.353. The third-order valence-electron chi connectivity index (χ3n) is 3.72. The van der Waals surface area contributed by atoms with Crippen LogP contribution in [0, 0.1) is 0 Å². The van der Waals surface area contributed by atoms with Crippen LogP contribution in [-0.4, -0.2) is 18.1 Å². The lowest BCUT2D eigenvalue weighted by atomic mass is 9.92. The Kier molecular flexibility index (Phi) is 5.10. The van der Waals surface area contributed by atoms with Gasteiger partial charge in [0.1, 0.15) is 0 Å². The van der Waals surface area contributed by atoms with E-state index in [1.54, 1.807) is 0 Å². The van der Waals surface area contributed by atoms with Crippen LogP contribution in [0.2, 0.25) is 0 Å². The molecule has 2 aromatic rings. The van der Waals surface area contributed by atoms with Gasteiger partial charge in [-0.1, -0.05) is 43.3 Å². The Labute approximate surface area is 115 Å². The third kappa shape index (κ3) is 3.90. The largest absolute Gasteiger partial charge is 0.316 e. The second-order valence-corrected chi connectivity index (χ2v) is 4.96. The molecule has 1 aromatic heterocycles. The number of pyridine rings is 1. The van der Waals surface area contributed by atoms with Gasteiger partial charge in [-0.3, -0.25) is 4.98 Å². The van der Waals surface area contributed by atoms with Crippen molar-refractivity contribution in [3.05, 3.63) is 66.0 Å². The van der Waals surface area contributed by atoms with Gasteiger partial charge in [-0.15, -0.1) is 0 Å². The van der Waals surface area contributed by atoms with Crippen molar-refractivity contribution < 1.29 is 0 Å². The molecule has 2 atom stereocenters. The molecule has 0 aliphatic carbocycles. The summed E-state index contributed by atoms with van der Waals surface area (Å²) in [6.45, 7) is 2.24. The molecular weight excluding hydrogens is 232 g/mol. The van der Waals surface area contributed by atoms with E-state index in [-0.39, 0.29) is 0 Å². The van der Waals surface area contributed by atoms with Crippen LogP contribution < -0.4 is 5.32 Å². The highest BCUT2D eigenvalue weighted by Gasteiger charge is 2.17. The lowest BCUT2D eigenvalue weighted by Gasteiger charge is -2.23. The van der Waals surface area contributed by atoms with Gasteiger partial charge in [0.2, 0.25) is 0 Å². The van der Waals surface area contributed by atoms with Gasteiger partial charge in [-0.25, -0.2) is 0 Å². The first-order chi connectivity index (χ1) is 9.31. The first kappa shape index (κ1) is 13.8. The summed E-state index contributed by atoms with van der Waals surface area (Å²) in [6.07, 6.45) is 4.09. The lowest BCUT2D eigenvalue weighted by Crippen LogP contribution is -2.31. The molecule has 0 bridgehead atoms. The highest BCUT2D eigenvalue weighted by molar-refractivity contribution is 5.16. The molecule has 2 unspecified atom stereocenters. The Morgan fingerprint density at radius 2 is 1.79 bits per heavy atom. The molecule has 1 N–H and O–H groups in total. The van der Waals surface area contributed by atoms with E-state index in [1.165, 1.54) is 5.56 Å². The summed E-state index contributed by atoms with van der Waals surface area (Å²) >= 11 is 0. The van der Waals surface area contributed by atoms with Crippen molar-refractivity contribution in [2.24, 2.45) is 0 Å². The molecule has 2 nitrogen and oxygen atoms in total. The van der Waals surface area contributed by atoms with Crippen molar-refractivity contribution in [2.45, 2.75) is 31.7 Å². The van der Waals surface area contributed by atoms with Crippen molar-refractivity contribution >= 4 is 0 Å².